The Bertz CT molecular complexity index is 1440. The smallest absolute Gasteiger partial charge is 0.326 e. The van der Waals surface area contributed by atoms with Gasteiger partial charge in [-0.3, -0.25) is 4.98 Å². The molecule has 0 aliphatic heterocycles. The molecule has 0 saturated carbocycles. The first-order valence-corrected chi connectivity index (χ1v) is 11.6. The molecule has 0 aliphatic carbocycles. The molecular formula is C26H22N4O2S. The topological polar surface area (TPSA) is 88.0 Å². The summed E-state index contributed by atoms with van der Waals surface area (Å²) >= 11 is 1.61. The van der Waals surface area contributed by atoms with E-state index in [0.717, 1.165) is 44.2 Å². The minimum absolute atomic E-state index is 0.345. The van der Waals surface area contributed by atoms with E-state index in [4.69, 9.17) is 0 Å². The van der Waals surface area contributed by atoms with Crippen molar-refractivity contribution < 1.29 is 9.90 Å². The Morgan fingerprint density at radius 2 is 1.85 bits per heavy atom. The van der Waals surface area contributed by atoms with Gasteiger partial charge in [-0.05, 0) is 18.1 Å². The summed E-state index contributed by atoms with van der Waals surface area (Å²) in [5.74, 6) is -0.396. The molecule has 0 spiro atoms. The highest BCUT2D eigenvalue weighted by Crippen LogP contribution is 2.43. The van der Waals surface area contributed by atoms with E-state index in [9.17, 15) is 9.90 Å². The molecule has 0 radical (unpaired) electrons. The first-order valence-electron chi connectivity index (χ1n) is 10.8. The van der Waals surface area contributed by atoms with Crippen molar-refractivity contribution in [2.75, 3.05) is 5.32 Å². The summed E-state index contributed by atoms with van der Waals surface area (Å²) in [7, 11) is 0. The monoisotopic (exact) mass is 454 g/mol. The Balaban J connectivity index is 1.66. The van der Waals surface area contributed by atoms with Gasteiger partial charge in [-0.15, -0.1) is 11.3 Å². The summed E-state index contributed by atoms with van der Waals surface area (Å²) < 4.78 is 0. The van der Waals surface area contributed by atoms with Gasteiger partial charge in [0, 0.05) is 34.0 Å². The number of para-hydroxylation sites is 1. The molecule has 5 rings (SSSR count). The van der Waals surface area contributed by atoms with Crippen LogP contribution in [-0.2, 0) is 17.6 Å². The van der Waals surface area contributed by atoms with E-state index in [2.05, 4.69) is 33.3 Å². The van der Waals surface area contributed by atoms with E-state index in [1.165, 1.54) is 11.2 Å². The summed E-state index contributed by atoms with van der Waals surface area (Å²) in [4.78, 5) is 27.8. The standard InChI is InChI=1S/C26H22N4O2S/c1-2-20-21(18-12-6-10-17-11-7-13-27-23(17)18)22-24(28-15-29-25(22)33-20)30-19(26(31)32)14-16-8-4-3-5-9-16/h3-13,15,19H,2,14H2,1H3,(H,31,32)(H,28,29,30)/t19-/m1/s1. The number of hydrogen-bond donors (Lipinski definition) is 2. The number of aryl methyl sites for hydroxylation is 1. The van der Waals surface area contributed by atoms with Crippen LogP contribution in [0.5, 0.6) is 0 Å². The van der Waals surface area contributed by atoms with E-state index in [0.29, 0.717) is 12.2 Å². The van der Waals surface area contributed by atoms with E-state index >= 15 is 0 Å². The maximum Gasteiger partial charge on any atom is 0.326 e. The number of fused-ring (bicyclic) bond motifs is 2. The second kappa shape index (κ2) is 8.96. The van der Waals surface area contributed by atoms with Crippen molar-refractivity contribution in [3.8, 4) is 11.1 Å². The number of benzene rings is 2. The van der Waals surface area contributed by atoms with Gasteiger partial charge in [0.15, 0.2) is 0 Å². The number of carbonyl (C=O) groups is 1. The minimum atomic E-state index is -0.926. The second-order valence-electron chi connectivity index (χ2n) is 7.76. The average Bonchev–Trinajstić information content (AvgIpc) is 3.23. The van der Waals surface area contributed by atoms with Crippen LogP contribution in [0.3, 0.4) is 0 Å². The van der Waals surface area contributed by atoms with Gasteiger partial charge in [0.1, 0.15) is 23.0 Å². The van der Waals surface area contributed by atoms with Gasteiger partial charge in [0.05, 0.1) is 10.9 Å². The van der Waals surface area contributed by atoms with Crippen molar-refractivity contribution in [1.29, 1.82) is 0 Å². The molecule has 164 valence electrons. The largest absolute Gasteiger partial charge is 0.480 e. The molecule has 0 aliphatic rings. The van der Waals surface area contributed by atoms with Gasteiger partial charge in [0.2, 0.25) is 0 Å². The Kier molecular flexibility index (Phi) is 5.71. The number of rotatable bonds is 7. The molecule has 2 N–H and O–H groups in total. The summed E-state index contributed by atoms with van der Waals surface area (Å²) in [6, 6.07) is 18.9. The van der Waals surface area contributed by atoms with Gasteiger partial charge >= 0.3 is 5.97 Å². The van der Waals surface area contributed by atoms with Crippen LogP contribution in [-0.4, -0.2) is 32.1 Å². The quantitative estimate of drug-likeness (QED) is 0.334. The number of carboxylic acid groups (broad SMARTS) is 1. The molecule has 5 aromatic rings. The highest BCUT2D eigenvalue weighted by Gasteiger charge is 2.24. The fraction of sp³-hybridized carbons (Fsp3) is 0.154. The van der Waals surface area contributed by atoms with Gasteiger partial charge < -0.3 is 10.4 Å². The number of thiophene rings is 1. The van der Waals surface area contributed by atoms with Crippen LogP contribution in [0.2, 0.25) is 0 Å². The molecule has 2 aromatic carbocycles. The van der Waals surface area contributed by atoms with Crippen LogP contribution in [0.1, 0.15) is 17.4 Å². The molecule has 3 heterocycles. The van der Waals surface area contributed by atoms with Crippen molar-refractivity contribution in [2.24, 2.45) is 0 Å². The Labute approximate surface area is 195 Å². The second-order valence-corrected chi connectivity index (χ2v) is 8.85. The third-order valence-corrected chi connectivity index (χ3v) is 6.92. The highest BCUT2D eigenvalue weighted by atomic mass is 32.1. The normalized spacial score (nSPS) is 12.2. The number of aromatic nitrogens is 3. The van der Waals surface area contributed by atoms with Crippen LogP contribution in [0.25, 0.3) is 32.2 Å². The third-order valence-electron chi connectivity index (χ3n) is 5.68. The Morgan fingerprint density at radius 1 is 1.03 bits per heavy atom. The molecule has 3 aromatic heterocycles. The van der Waals surface area contributed by atoms with Crippen molar-refractivity contribution >= 4 is 44.2 Å². The molecule has 33 heavy (non-hydrogen) atoms. The van der Waals surface area contributed by atoms with E-state index in [1.807, 2.05) is 54.6 Å². The summed E-state index contributed by atoms with van der Waals surface area (Å²) in [5.41, 5.74) is 3.88. The molecule has 0 saturated heterocycles. The van der Waals surface area contributed by atoms with Gasteiger partial charge in [-0.25, -0.2) is 14.8 Å². The first-order chi connectivity index (χ1) is 16.2. The predicted molar refractivity (Wildman–Crippen MR) is 133 cm³/mol. The van der Waals surface area contributed by atoms with Crippen LogP contribution < -0.4 is 5.32 Å². The maximum absolute atomic E-state index is 12.1. The third kappa shape index (κ3) is 4.03. The summed E-state index contributed by atoms with van der Waals surface area (Å²) in [5, 5.41) is 15.0. The van der Waals surface area contributed by atoms with Crippen molar-refractivity contribution in [1.82, 2.24) is 15.0 Å². The molecule has 0 fully saturated rings. The number of aliphatic carboxylic acids is 1. The number of pyridine rings is 1. The lowest BCUT2D eigenvalue weighted by atomic mass is 9.98. The maximum atomic E-state index is 12.1. The number of carboxylic acids is 1. The van der Waals surface area contributed by atoms with Crippen molar-refractivity contribution in [3.63, 3.8) is 0 Å². The van der Waals surface area contributed by atoms with Crippen LogP contribution in [0, 0.1) is 0 Å². The van der Waals surface area contributed by atoms with Crippen molar-refractivity contribution in [3.05, 3.63) is 83.6 Å². The number of hydrogen-bond acceptors (Lipinski definition) is 6. The Hall–Kier alpha value is -3.84. The van der Waals surface area contributed by atoms with E-state index < -0.39 is 12.0 Å². The number of nitrogens with zero attached hydrogens (tertiary/aromatic N) is 3. The summed E-state index contributed by atoms with van der Waals surface area (Å²) in [6.07, 6.45) is 4.46. The fourth-order valence-electron chi connectivity index (χ4n) is 4.14. The zero-order valence-electron chi connectivity index (χ0n) is 18.0. The lowest BCUT2D eigenvalue weighted by Crippen LogP contribution is -2.32. The average molecular weight is 455 g/mol. The highest BCUT2D eigenvalue weighted by molar-refractivity contribution is 7.19. The van der Waals surface area contributed by atoms with E-state index in [-0.39, 0.29) is 0 Å². The number of nitrogens with one attached hydrogen (secondary N) is 1. The Morgan fingerprint density at radius 3 is 2.64 bits per heavy atom. The van der Waals surface area contributed by atoms with Crippen LogP contribution in [0.15, 0.2) is 73.2 Å². The molecule has 0 unspecified atom stereocenters. The zero-order chi connectivity index (χ0) is 22.8. The zero-order valence-corrected chi connectivity index (χ0v) is 18.8. The molecule has 0 bridgehead atoms. The molecule has 1 atom stereocenters. The predicted octanol–water partition coefficient (Wildman–Crippen LogP) is 5.58. The van der Waals surface area contributed by atoms with Gasteiger partial charge in [-0.2, -0.15) is 0 Å². The van der Waals surface area contributed by atoms with Gasteiger partial charge in [-0.1, -0.05) is 61.5 Å². The minimum Gasteiger partial charge on any atom is -0.480 e. The SMILES string of the molecule is CCc1sc2ncnc(N[C@H](Cc3ccccc3)C(=O)O)c2c1-c1cccc2cccnc12. The van der Waals surface area contributed by atoms with Gasteiger partial charge in [0.25, 0.3) is 0 Å². The fourth-order valence-corrected chi connectivity index (χ4v) is 5.24. The molecule has 0 amide bonds. The molecule has 7 heteroatoms. The van der Waals surface area contributed by atoms with Crippen LogP contribution in [0.4, 0.5) is 5.82 Å². The lowest BCUT2D eigenvalue weighted by Gasteiger charge is -2.17. The molecular weight excluding hydrogens is 432 g/mol. The molecule has 6 nitrogen and oxygen atoms in total. The lowest BCUT2D eigenvalue weighted by molar-refractivity contribution is -0.137. The first kappa shape index (κ1) is 21.0. The van der Waals surface area contributed by atoms with E-state index in [1.54, 1.807) is 17.5 Å². The number of anilines is 1. The van der Waals surface area contributed by atoms with Crippen LogP contribution >= 0.6 is 11.3 Å². The van der Waals surface area contributed by atoms with Crippen molar-refractivity contribution in [2.45, 2.75) is 25.8 Å². The summed E-state index contributed by atoms with van der Waals surface area (Å²) in [6.45, 7) is 2.11.